The van der Waals surface area contributed by atoms with E-state index in [4.69, 9.17) is 4.98 Å². The first kappa shape index (κ1) is 28.3. The zero-order chi connectivity index (χ0) is 26.7. The van der Waals surface area contributed by atoms with Crippen molar-refractivity contribution in [2.75, 3.05) is 0 Å². The first-order chi connectivity index (χ1) is 18.3. The minimum atomic E-state index is 0. The van der Waals surface area contributed by atoms with Crippen LogP contribution in [0.5, 0.6) is 0 Å². The summed E-state index contributed by atoms with van der Waals surface area (Å²) in [5.41, 5.74) is 7.87. The molecule has 0 spiro atoms. The van der Waals surface area contributed by atoms with E-state index in [0.29, 0.717) is 0 Å². The largest absolute Gasteiger partial charge is 0.305 e. The summed E-state index contributed by atoms with van der Waals surface area (Å²) in [6.45, 7) is 10.8. The quantitative estimate of drug-likeness (QED) is 0.135. The van der Waals surface area contributed by atoms with Crippen molar-refractivity contribution in [2.24, 2.45) is 0 Å². The monoisotopic (exact) mass is 686 g/mol. The number of aryl methyl sites for hydroxylation is 2. The van der Waals surface area contributed by atoms with Gasteiger partial charge in [-0.05, 0) is 28.1 Å². The Bertz CT molecular complexity index is 1700. The summed E-state index contributed by atoms with van der Waals surface area (Å²) in [5, 5.41) is 3.41. The van der Waals surface area contributed by atoms with Crippen LogP contribution in [0.25, 0.3) is 44.3 Å². The number of benzene rings is 4. The van der Waals surface area contributed by atoms with Crippen molar-refractivity contribution in [2.45, 2.75) is 40.0 Å². The molecule has 0 unspecified atom stereocenters. The minimum absolute atomic E-state index is 0. The Hall–Kier alpha value is -3.72. The fraction of sp³-hybridized carbons (Fsp3) is 0.171. The molecule has 197 valence electrons. The van der Waals surface area contributed by atoms with Crippen LogP contribution < -0.4 is 0 Å². The van der Waals surface area contributed by atoms with Crippen LogP contribution in [0.1, 0.15) is 37.5 Å². The van der Waals surface area contributed by atoms with Crippen molar-refractivity contribution in [3.8, 4) is 22.6 Å². The van der Waals surface area contributed by atoms with E-state index in [1.165, 1.54) is 16.5 Å². The number of hydrogen-bond acceptors (Lipinski definition) is 3. The Morgan fingerprint density at radius 1 is 0.744 bits per heavy atom. The van der Waals surface area contributed by atoms with Gasteiger partial charge in [0.1, 0.15) is 0 Å². The maximum atomic E-state index is 4.73. The topological polar surface area (TPSA) is 38.7 Å². The summed E-state index contributed by atoms with van der Waals surface area (Å²) in [5.74, 6) is 0.717. The third kappa shape index (κ3) is 6.65. The summed E-state index contributed by atoms with van der Waals surface area (Å²) in [6, 6.07) is 35.3. The predicted molar refractivity (Wildman–Crippen MR) is 158 cm³/mol. The molecule has 4 aromatic carbocycles. The Balaban J connectivity index is 0.000000178. The van der Waals surface area contributed by atoms with E-state index < -0.39 is 0 Å². The first-order valence-electron chi connectivity index (χ1n) is 12.9. The molecule has 0 bridgehead atoms. The summed E-state index contributed by atoms with van der Waals surface area (Å²) in [6.07, 6.45) is 3.77. The van der Waals surface area contributed by atoms with Crippen LogP contribution in [-0.4, -0.2) is 15.0 Å². The van der Waals surface area contributed by atoms with Gasteiger partial charge in [0.2, 0.25) is 0 Å². The molecule has 0 N–H and O–H groups in total. The number of fused-ring (bicyclic) bond motifs is 3. The molecule has 3 nitrogen and oxygen atoms in total. The average molecular weight is 686 g/mol. The van der Waals surface area contributed by atoms with Crippen LogP contribution in [0.2, 0.25) is 0 Å². The maximum absolute atomic E-state index is 4.73. The molecule has 0 atom stereocenters. The van der Waals surface area contributed by atoms with Crippen molar-refractivity contribution in [3.05, 3.63) is 126 Å². The normalized spacial score (nSPS) is 11.0. The van der Waals surface area contributed by atoms with E-state index in [0.717, 1.165) is 44.5 Å². The van der Waals surface area contributed by atoms with Gasteiger partial charge in [0.15, 0.2) is 0 Å². The van der Waals surface area contributed by atoms with E-state index in [2.05, 4.69) is 105 Å². The molecule has 0 amide bonds. The third-order valence-electron chi connectivity index (χ3n) is 6.48. The van der Waals surface area contributed by atoms with Gasteiger partial charge in [0.05, 0.1) is 11.3 Å². The van der Waals surface area contributed by atoms with Crippen LogP contribution in [0, 0.1) is 26.0 Å². The average Bonchev–Trinajstić information content (AvgIpc) is 2.93. The molecule has 0 aliphatic rings. The molecule has 6 rings (SSSR count). The summed E-state index contributed by atoms with van der Waals surface area (Å²) < 4.78 is 0. The fourth-order valence-corrected chi connectivity index (χ4v) is 4.51. The molecule has 0 aliphatic carbocycles. The van der Waals surface area contributed by atoms with Gasteiger partial charge in [-0.1, -0.05) is 77.1 Å². The van der Waals surface area contributed by atoms with E-state index in [9.17, 15) is 0 Å². The van der Waals surface area contributed by atoms with Crippen LogP contribution in [-0.2, 0) is 25.5 Å². The zero-order valence-electron chi connectivity index (χ0n) is 22.9. The molecule has 2 aromatic heterocycles. The molecule has 0 saturated heterocycles. The van der Waals surface area contributed by atoms with E-state index in [1.807, 2.05) is 48.8 Å². The standard InChI is InChI=1S/C18H11N2.C17H20N.Ir/c1-2-7-14(8-3-1)18-19-12-15-11-10-13-6-4-5-9-16(13)17(15)20-18;1-12-8-13(2)10-14(9-12)16-11-15(6-7-18-16)17(3,4)5;/h1-7,9-12H;6-9,11H,1-5H3;/q2*-1;. The maximum Gasteiger partial charge on any atom is 0.0756 e. The summed E-state index contributed by atoms with van der Waals surface area (Å²) >= 11 is 0. The van der Waals surface area contributed by atoms with Gasteiger partial charge in [-0.2, -0.15) is 0 Å². The summed E-state index contributed by atoms with van der Waals surface area (Å²) in [4.78, 5) is 13.6. The Morgan fingerprint density at radius 2 is 1.51 bits per heavy atom. The summed E-state index contributed by atoms with van der Waals surface area (Å²) in [7, 11) is 0. The van der Waals surface area contributed by atoms with Crippen molar-refractivity contribution in [1.82, 2.24) is 15.0 Å². The van der Waals surface area contributed by atoms with Crippen molar-refractivity contribution in [3.63, 3.8) is 0 Å². The molecule has 6 aromatic rings. The molecular weight excluding hydrogens is 655 g/mol. The molecule has 0 saturated carbocycles. The van der Waals surface area contributed by atoms with Crippen LogP contribution in [0.15, 0.2) is 97.3 Å². The smallest absolute Gasteiger partial charge is 0.0756 e. The number of aromatic nitrogens is 3. The van der Waals surface area contributed by atoms with Gasteiger partial charge >= 0.3 is 0 Å². The first-order valence-corrected chi connectivity index (χ1v) is 12.9. The second kappa shape index (κ2) is 12.0. The molecule has 2 heterocycles. The zero-order valence-corrected chi connectivity index (χ0v) is 25.3. The van der Waals surface area contributed by atoms with E-state index in [-0.39, 0.29) is 25.5 Å². The van der Waals surface area contributed by atoms with Gasteiger partial charge in [0, 0.05) is 43.3 Å². The van der Waals surface area contributed by atoms with Gasteiger partial charge in [0.25, 0.3) is 0 Å². The molecular formula is C35H31IrN3-2. The van der Waals surface area contributed by atoms with Crippen LogP contribution >= 0.6 is 0 Å². The van der Waals surface area contributed by atoms with Crippen LogP contribution in [0.3, 0.4) is 0 Å². The predicted octanol–water partition coefficient (Wildman–Crippen LogP) is 8.71. The minimum Gasteiger partial charge on any atom is -0.305 e. The third-order valence-corrected chi connectivity index (χ3v) is 6.48. The Labute approximate surface area is 244 Å². The Morgan fingerprint density at radius 3 is 2.26 bits per heavy atom. The van der Waals surface area contributed by atoms with E-state index in [1.54, 1.807) is 0 Å². The van der Waals surface area contributed by atoms with Gasteiger partial charge in [-0.3, -0.25) is 9.97 Å². The molecule has 1 radical (unpaired) electrons. The molecule has 0 fully saturated rings. The van der Waals surface area contributed by atoms with Gasteiger partial charge in [-0.25, -0.2) is 0 Å². The molecule has 39 heavy (non-hydrogen) atoms. The second-order valence-corrected chi connectivity index (χ2v) is 10.6. The number of hydrogen-bond donors (Lipinski definition) is 0. The number of pyridine rings is 1. The number of nitrogens with zero attached hydrogens (tertiary/aromatic N) is 3. The van der Waals surface area contributed by atoms with Gasteiger partial charge in [-0.15, -0.1) is 70.8 Å². The Kier molecular flexibility index (Phi) is 8.70. The van der Waals surface area contributed by atoms with Gasteiger partial charge < -0.3 is 4.98 Å². The molecule has 4 heteroatoms. The van der Waals surface area contributed by atoms with Crippen molar-refractivity contribution < 1.29 is 20.1 Å². The van der Waals surface area contributed by atoms with E-state index >= 15 is 0 Å². The fourth-order valence-electron chi connectivity index (χ4n) is 4.51. The SMILES string of the molecule is Cc1[c-]c(-c2cc(C(C)(C)C)ccn2)cc(C)c1.[Ir].[c-]1ccccc1-c1ncc2ccc3ccccc3c2n1. The molecule has 0 aliphatic heterocycles. The number of rotatable bonds is 2. The second-order valence-electron chi connectivity index (χ2n) is 10.6. The van der Waals surface area contributed by atoms with Crippen molar-refractivity contribution in [1.29, 1.82) is 0 Å². The van der Waals surface area contributed by atoms with Crippen LogP contribution in [0.4, 0.5) is 0 Å². The van der Waals surface area contributed by atoms with Crippen molar-refractivity contribution >= 4 is 21.7 Å².